The molecule has 0 saturated heterocycles. The molecule has 1 heterocycles. The Hall–Kier alpha value is -2.90. The van der Waals surface area contributed by atoms with Gasteiger partial charge in [0.1, 0.15) is 27.9 Å². The van der Waals surface area contributed by atoms with E-state index in [0.29, 0.717) is 37.7 Å². The fraction of sp³-hybridized carbons (Fsp3) is 0.182. The van der Waals surface area contributed by atoms with Crippen LogP contribution in [0.2, 0.25) is 5.02 Å². The van der Waals surface area contributed by atoms with Crippen molar-refractivity contribution >= 4 is 46.1 Å². The van der Waals surface area contributed by atoms with Crippen LogP contribution < -0.4 is 9.47 Å². The number of methoxy groups -OCH3 is 2. The third kappa shape index (κ3) is 4.80. The van der Waals surface area contributed by atoms with Crippen LogP contribution in [0.4, 0.5) is 5.69 Å². The lowest BCUT2D eigenvalue weighted by Gasteiger charge is -2.08. The average molecular weight is 446 g/mol. The number of ether oxygens (including phenoxy) is 3. The average Bonchev–Trinajstić information content (AvgIpc) is 3.05. The molecule has 8 heteroatoms. The van der Waals surface area contributed by atoms with Gasteiger partial charge in [0.2, 0.25) is 0 Å². The summed E-state index contributed by atoms with van der Waals surface area (Å²) in [7, 11) is 3.12. The molecular formula is C22H20ClNO5S. The number of aliphatic hydroxyl groups is 1. The Morgan fingerprint density at radius 3 is 2.53 bits per heavy atom. The molecule has 0 spiro atoms. The Morgan fingerprint density at radius 2 is 1.90 bits per heavy atom. The molecule has 6 nitrogen and oxygen atoms in total. The van der Waals surface area contributed by atoms with Crippen LogP contribution in [0.5, 0.6) is 11.5 Å². The second-order valence-electron chi connectivity index (χ2n) is 6.06. The molecule has 156 valence electrons. The Morgan fingerprint density at radius 1 is 1.17 bits per heavy atom. The Bertz CT molecular complexity index is 1040. The number of hydrogen-bond acceptors (Lipinski definition) is 7. The first-order chi connectivity index (χ1) is 14.5. The van der Waals surface area contributed by atoms with Gasteiger partial charge >= 0.3 is 5.97 Å². The van der Waals surface area contributed by atoms with E-state index in [2.05, 4.69) is 4.99 Å². The lowest BCUT2D eigenvalue weighted by atomic mass is 10.1. The highest BCUT2D eigenvalue weighted by Crippen LogP contribution is 2.41. The second kappa shape index (κ2) is 9.73. The van der Waals surface area contributed by atoms with Gasteiger partial charge in [-0.3, -0.25) is 0 Å². The molecule has 0 amide bonds. The Balaban J connectivity index is 2.05. The number of carbonyl (C=O) groups excluding carboxylic acids is 1. The van der Waals surface area contributed by atoms with Crippen LogP contribution in [-0.4, -0.2) is 36.9 Å². The summed E-state index contributed by atoms with van der Waals surface area (Å²) in [5.74, 6) is 0.380. The van der Waals surface area contributed by atoms with Crippen molar-refractivity contribution in [3.05, 3.63) is 69.3 Å². The lowest BCUT2D eigenvalue weighted by molar-refractivity contribution is -0.138. The number of benzene rings is 2. The maximum absolute atomic E-state index is 12.5. The number of nitrogens with zero attached hydrogens (tertiary/aromatic N) is 1. The number of esters is 1. The van der Waals surface area contributed by atoms with Crippen LogP contribution in [0, 0.1) is 0 Å². The minimum atomic E-state index is -0.639. The Kier molecular flexibility index (Phi) is 7.07. The van der Waals surface area contributed by atoms with Crippen LogP contribution >= 0.6 is 23.4 Å². The summed E-state index contributed by atoms with van der Waals surface area (Å²) in [6, 6.07) is 12.2. The van der Waals surface area contributed by atoms with E-state index >= 15 is 0 Å². The van der Waals surface area contributed by atoms with E-state index in [-0.39, 0.29) is 17.9 Å². The molecule has 0 atom stereocenters. The summed E-state index contributed by atoms with van der Waals surface area (Å²) in [6.45, 7) is 1.88. The van der Waals surface area contributed by atoms with Crippen molar-refractivity contribution in [2.24, 2.45) is 4.99 Å². The predicted molar refractivity (Wildman–Crippen MR) is 120 cm³/mol. The summed E-state index contributed by atoms with van der Waals surface area (Å²) in [5.41, 5.74) is 1.33. The fourth-order valence-corrected chi connectivity index (χ4v) is 3.86. The largest absolute Gasteiger partial charge is 0.506 e. The van der Waals surface area contributed by atoms with Crippen molar-refractivity contribution < 1.29 is 24.1 Å². The van der Waals surface area contributed by atoms with E-state index in [4.69, 9.17) is 25.8 Å². The third-order valence-corrected chi connectivity index (χ3v) is 5.43. The molecule has 0 saturated carbocycles. The number of aliphatic imine (C=N–C) groups is 1. The zero-order valence-electron chi connectivity index (χ0n) is 16.6. The van der Waals surface area contributed by atoms with E-state index in [1.807, 2.05) is 0 Å². The van der Waals surface area contributed by atoms with Gasteiger partial charge in [-0.15, -0.1) is 0 Å². The van der Waals surface area contributed by atoms with Crippen molar-refractivity contribution in [3.63, 3.8) is 0 Å². The molecule has 1 N–H and O–H groups in total. The monoisotopic (exact) mass is 445 g/mol. The molecule has 0 fully saturated rings. The van der Waals surface area contributed by atoms with E-state index in [0.717, 1.165) is 0 Å². The minimum absolute atomic E-state index is 0.0236. The zero-order valence-corrected chi connectivity index (χ0v) is 18.2. The topological polar surface area (TPSA) is 77.4 Å². The molecule has 0 unspecified atom stereocenters. The fourth-order valence-electron chi connectivity index (χ4n) is 2.70. The highest BCUT2D eigenvalue weighted by molar-refractivity contribution is 8.18. The number of halogens is 1. The smallest absolute Gasteiger partial charge is 0.344 e. The first-order valence-electron chi connectivity index (χ1n) is 9.03. The molecule has 2 aromatic rings. The maximum Gasteiger partial charge on any atom is 0.344 e. The predicted octanol–water partition coefficient (Wildman–Crippen LogP) is 5.55. The van der Waals surface area contributed by atoms with Crippen LogP contribution in [0.1, 0.15) is 12.5 Å². The van der Waals surface area contributed by atoms with Gasteiger partial charge in [-0.1, -0.05) is 23.4 Å². The van der Waals surface area contributed by atoms with E-state index in [9.17, 15) is 9.90 Å². The number of aliphatic hydroxyl groups excluding tert-OH is 1. The first-order valence-corrected chi connectivity index (χ1v) is 10.2. The summed E-state index contributed by atoms with van der Waals surface area (Å²) in [4.78, 5) is 17.5. The lowest BCUT2D eigenvalue weighted by Crippen LogP contribution is -2.12. The number of hydrogen-bond donors (Lipinski definition) is 1. The van der Waals surface area contributed by atoms with Gasteiger partial charge in [-0.25, -0.2) is 9.79 Å². The highest BCUT2D eigenvalue weighted by Gasteiger charge is 2.33. The van der Waals surface area contributed by atoms with Gasteiger partial charge in [0.05, 0.1) is 31.4 Å². The van der Waals surface area contributed by atoms with Crippen LogP contribution in [0.25, 0.3) is 6.08 Å². The SMILES string of the molecule is CCOC(=O)C1=C(O)/C(=C\c2ccc(OC)cc2OC)SC1=Nc1ccc(Cl)cc1. The van der Waals surface area contributed by atoms with Crippen LogP contribution in [0.15, 0.2) is 63.7 Å². The molecule has 0 radical (unpaired) electrons. The highest BCUT2D eigenvalue weighted by atomic mass is 35.5. The van der Waals surface area contributed by atoms with Gasteiger partial charge < -0.3 is 19.3 Å². The van der Waals surface area contributed by atoms with Crippen molar-refractivity contribution in [1.29, 1.82) is 0 Å². The van der Waals surface area contributed by atoms with Gasteiger partial charge in [0, 0.05) is 16.7 Å². The summed E-state index contributed by atoms with van der Waals surface area (Å²) in [5, 5.41) is 11.7. The molecular weight excluding hydrogens is 426 g/mol. The van der Waals surface area contributed by atoms with Gasteiger partial charge in [-0.2, -0.15) is 0 Å². The number of rotatable bonds is 6. The van der Waals surface area contributed by atoms with E-state index in [1.165, 1.54) is 11.8 Å². The van der Waals surface area contributed by atoms with E-state index < -0.39 is 5.97 Å². The second-order valence-corrected chi connectivity index (χ2v) is 7.52. The number of thioether (sulfide) groups is 1. The molecule has 3 rings (SSSR count). The Labute approximate surface area is 183 Å². The maximum atomic E-state index is 12.5. The molecule has 0 bridgehead atoms. The van der Waals surface area contributed by atoms with Gasteiger partial charge in [-0.05, 0) is 49.4 Å². The van der Waals surface area contributed by atoms with Crippen molar-refractivity contribution in [3.8, 4) is 11.5 Å². The molecule has 0 aromatic heterocycles. The summed E-state index contributed by atoms with van der Waals surface area (Å²) < 4.78 is 15.7. The van der Waals surface area contributed by atoms with Crippen LogP contribution in [0.3, 0.4) is 0 Å². The van der Waals surface area contributed by atoms with Gasteiger partial charge in [0.25, 0.3) is 0 Å². The van der Waals surface area contributed by atoms with Crippen molar-refractivity contribution in [1.82, 2.24) is 0 Å². The summed E-state index contributed by atoms with van der Waals surface area (Å²) >= 11 is 7.10. The van der Waals surface area contributed by atoms with E-state index in [1.54, 1.807) is 69.7 Å². The van der Waals surface area contributed by atoms with Crippen LogP contribution in [-0.2, 0) is 9.53 Å². The van der Waals surface area contributed by atoms with Crippen molar-refractivity contribution in [2.75, 3.05) is 20.8 Å². The molecule has 30 heavy (non-hydrogen) atoms. The standard InChI is InChI=1S/C22H20ClNO5S/c1-4-29-22(26)19-20(25)18(11-13-5-10-16(27-2)12-17(13)28-3)30-21(19)24-15-8-6-14(23)7-9-15/h5-12,25H,4H2,1-3H3/b18-11+,24-21?. The normalized spacial score (nSPS) is 16.3. The number of carbonyl (C=O) groups is 1. The van der Waals surface area contributed by atoms with Crippen molar-refractivity contribution in [2.45, 2.75) is 6.92 Å². The molecule has 2 aromatic carbocycles. The molecule has 0 aliphatic carbocycles. The molecule has 1 aliphatic rings. The van der Waals surface area contributed by atoms with Gasteiger partial charge in [0.15, 0.2) is 0 Å². The first kappa shape index (κ1) is 21.8. The zero-order chi connectivity index (χ0) is 21.7. The summed E-state index contributed by atoms with van der Waals surface area (Å²) in [6.07, 6.45) is 1.72. The molecule has 1 aliphatic heterocycles. The quantitative estimate of drug-likeness (QED) is 0.587. The minimum Gasteiger partial charge on any atom is -0.506 e. The third-order valence-electron chi connectivity index (χ3n) is 4.15.